The topological polar surface area (TPSA) is 35.2 Å². The molecule has 0 amide bonds. The van der Waals surface area contributed by atoms with Crippen LogP contribution in [-0.4, -0.2) is 19.3 Å². The summed E-state index contributed by atoms with van der Waals surface area (Å²) in [4.78, 5) is 0. The Morgan fingerprint density at radius 2 is 1.83 bits per heavy atom. The molecule has 1 heterocycles. The molecule has 1 aliphatic heterocycles. The third-order valence-electron chi connectivity index (χ3n) is 5.39. The molecule has 2 nitrogen and oxygen atoms in total. The zero-order valence-corrected chi connectivity index (χ0v) is 12.5. The number of nitrogens with two attached hydrogens (primary N) is 1. The standard InChI is InChI=1S/C16H31NO/c1-15(2,3)13-6-8-16(12-17,9-7-13)11-14-5-4-10-18-14/h13-14H,4-12,17H2,1-3H3. The van der Waals surface area contributed by atoms with Crippen molar-refractivity contribution >= 4 is 0 Å². The normalized spacial score (nSPS) is 38.0. The maximum absolute atomic E-state index is 6.12. The van der Waals surface area contributed by atoms with Crippen LogP contribution >= 0.6 is 0 Å². The summed E-state index contributed by atoms with van der Waals surface area (Å²) in [6, 6.07) is 0. The van der Waals surface area contributed by atoms with Crippen molar-refractivity contribution in [3.63, 3.8) is 0 Å². The van der Waals surface area contributed by atoms with Crippen LogP contribution in [0.2, 0.25) is 0 Å². The van der Waals surface area contributed by atoms with Gasteiger partial charge in [0.1, 0.15) is 0 Å². The first-order chi connectivity index (χ1) is 8.45. The van der Waals surface area contributed by atoms with Gasteiger partial charge in [-0.05, 0) is 68.2 Å². The van der Waals surface area contributed by atoms with Crippen molar-refractivity contribution in [3.05, 3.63) is 0 Å². The van der Waals surface area contributed by atoms with E-state index < -0.39 is 0 Å². The Hall–Kier alpha value is -0.0800. The van der Waals surface area contributed by atoms with Gasteiger partial charge in [-0.15, -0.1) is 0 Å². The van der Waals surface area contributed by atoms with Gasteiger partial charge < -0.3 is 10.5 Å². The van der Waals surface area contributed by atoms with Crippen LogP contribution in [-0.2, 0) is 4.74 Å². The Labute approximate surface area is 113 Å². The van der Waals surface area contributed by atoms with E-state index in [4.69, 9.17) is 10.5 Å². The average molecular weight is 253 g/mol. The Morgan fingerprint density at radius 1 is 1.17 bits per heavy atom. The highest BCUT2D eigenvalue weighted by molar-refractivity contribution is 4.91. The van der Waals surface area contributed by atoms with Gasteiger partial charge in [0, 0.05) is 6.61 Å². The van der Waals surface area contributed by atoms with E-state index >= 15 is 0 Å². The molecule has 0 aromatic heterocycles. The van der Waals surface area contributed by atoms with Gasteiger partial charge >= 0.3 is 0 Å². The third kappa shape index (κ3) is 3.27. The maximum atomic E-state index is 6.12. The Bertz CT molecular complexity index is 255. The summed E-state index contributed by atoms with van der Waals surface area (Å²) >= 11 is 0. The van der Waals surface area contributed by atoms with Gasteiger partial charge in [0.05, 0.1) is 6.10 Å². The molecule has 0 bridgehead atoms. The first kappa shape index (κ1) is 14.3. The fourth-order valence-electron chi connectivity index (χ4n) is 3.88. The van der Waals surface area contributed by atoms with Crippen LogP contribution in [0.5, 0.6) is 0 Å². The van der Waals surface area contributed by atoms with E-state index in [1.165, 1.54) is 44.9 Å². The van der Waals surface area contributed by atoms with E-state index in [1.807, 2.05) is 0 Å². The minimum absolute atomic E-state index is 0.386. The van der Waals surface area contributed by atoms with Gasteiger partial charge in [-0.3, -0.25) is 0 Å². The van der Waals surface area contributed by atoms with Crippen molar-refractivity contribution in [1.82, 2.24) is 0 Å². The summed E-state index contributed by atoms with van der Waals surface area (Å²) in [5.74, 6) is 0.877. The highest BCUT2D eigenvalue weighted by Gasteiger charge is 2.39. The second-order valence-corrected chi connectivity index (χ2v) is 7.68. The third-order valence-corrected chi connectivity index (χ3v) is 5.39. The van der Waals surface area contributed by atoms with Crippen molar-refractivity contribution in [3.8, 4) is 0 Å². The molecule has 2 fully saturated rings. The van der Waals surface area contributed by atoms with E-state index in [1.54, 1.807) is 0 Å². The summed E-state index contributed by atoms with van der Waals surface area (Å²) in [6.45, 7) is 8.97. The first-order valence-electron chi connectivity index (χ1n) is 7.77. The maximum Gasteiger partial charge on any atom is 0.0581 e. The predicted molar refractivity (Wildman–Crippen MR) is 76.5 cm³/mol. The lowest BCUT2D eigenvalue weighted by Gasteiger charge is -2.44. The van der Waals surface area contributed by atoms with Crippen LogP contribution in [0.4, 0.5) is 0 Å². The summed E-state index contributed by atoms with van der Waals surface area (Å²) in [5, 5.41) is 0. The van der Waals surface area contributed by atoms with Crippen molar-refractivity contribution in [1.29, 1.82) is 0 Å². The minimum atomic E-state index is 0.386. The summed E-state index contributed by atoms with van der Waals surface area (Å²) < 4.78 is 5.82. The molecule has 0 aromatic carbocycles. The molecule has 0 spiro atoms. The monoisotopic (exact) mass is 253 g/mol. The zero-order chi connectivity index (χ0) is 13.2. The van der Waals surface area contributed by atoms with Crippen LogP contribution in [0.1, 0.15) is 65.7 Å². The van der Waals surface area contributed by atoms with Gasteiger partial charge in [0.2, 0.25) is 0 Å². The van der Waals surface area contributed by atoms with E-state index in [0.29, 0.717) is 16.9 Å². The van der Waals surface area contributed by atoms with E-state index in [0.717, 1.165) is 19.1 Å². The first-order valence-corrected chi connectivity index (χ1v) is 7.77. The molecule has 1 unspecified atom stereocenters. The molecular weight excluding hydrogens is 222 g/mol. The second-order valence-electron chi connectivity index (χ2n) is 7.68. The van der Waals surface area contributed by atoms with Crippen molar-refractivity contribution in [2.24, 2.45) is 22.5 Å². The Morgan fingerprint density at radius 3 is 2.28 bits per heavy atom. The number of ether oxygens (including phenoxy) is 1. The number of hydrogen-bond donors (Lipinski definition) is 1. The smallest absolute Gasteiger partial charge is 0.0581 e. The molecule has 18 heavy (non-hydrogen) atoms. The quantitative estimate of drug-likeness (QED) is 0.831. The molecule has 0 radical (unpaired) electrons. The van der Waals surface area contributed by atoms with Gasteiger partial charge in [0.15, 0.2) is 0 Å². The van der Waals surface area contributed by atoms with Crippen LogP contribution in [0.25, 0.3) is 0 Å². The SMILES string of the molecule is CC(C)(C)C1CCC(CN)(CC2CCCO2)CC1. The van der Waals surface area contributed by atoms with Gasteiger partial charge in [-0.2, -0.15) is 0 Å². The molecular formula is C16H31NO. The largest absolute Gasteiger partial charge is 0.378 e. The molecule has 1 aliphatic carbocycles. The fourth-order valence-corrected chi connectivity index (χ4v) is 3.88. The molecule has 1 saturated carbocycles. The van der Waals surface area contributed by atoms with Crippen LogP contribution in [0, 0.1) is 16.7 Å². The second kappa shape index (κ2) is 5.50. The van der Waals surface area contributed by atoms with Crippen molar-refractivity contribution in [2.45, 2.75) is 71.8 Å². The van der Waals surface area contributed by atoms with Crippen molar-refractivity contribution in [2.75, 3.05) is 13.2 Å². The minimum Gasteiger partial charge on any atom is -0.378 e. The molecule has 0 aromatic rings. The number of hydrogen-bond acceptors (Lipinski definition) is 2. The molecule has 2 heteroatoms. The molecule has 106 valence electrons. The van der Waals surface area contributed by atoms with Crippen LogP contribution < -0.4 is 5.73 Å². The lowest BCUT2D eigenvalue weighted by molar-refractivity contribution is 0.0247. The van der Waals surface area contributed by atoms with Crippen molar-refractivity contribution < 1.29 is 4.74 Å². The average Bonchev–Trinajstić information content (AvgIpc) is 2.81. The van der Waals surface area contributed by atoms with E-state index in [-0.39, 0.29) is 0 Å². The highest BCUT2D eigenvalue weighted by Crippen LogP contribution is 2.47. The van der Waals surface area contributed by atoms with Gasteiger partial charge in [-0.1, -0.05) is 20.8 Å². The number of rotatable bonds is 3. The van der Waals surface area contributed by atoms with Crippen LogP contribution in [0.3, 0.4) is 0 Å². The molecule has 1 saturated heterocycles. The molecule has 2 rings (SSSR count). The van der Waals surface area contributed by atoms with E-state index in [9.17, 15) is 0 Å². The Kier molecular flexibility index (Phi) is 4.38. The Balaban J connectivity index is 1.90. The highest BCUT2D eigenvalue weighted by atomic mass is 16.5. The molecule has 2 N–H and O–H groups in total. The van der Waals surface area contributed by atoms with Crippen LogP contribution in [0.15, 0.2) is 0 Å². The molecule has 1 atom stereocenters. The summed E-state index contributed by atoms with van der Waals surface area (Å²) in [5.41, 5.74) is 6.96. The zero-order valence-electron chi connectivity index (χ0n) is 12.5. The lowest BCUT2D eigenvalue weighted by Crippen LogP contribution is -2.40. The van der Waals surface area contributed by atoms with Gasteiger partial charge in [-0.25, -0.2) is 0 Å². The van der Waals surface area contributed by atoms with Gasteiger partial charge in [0.25, 0.3) is 0 Å². The summed E-state index contributed by atoms with van der Waals surface area (Å²) in [6.07, 6.45) is 9.54. The molecule has 2 aliphatic rings. The summed E-state index contributed by atoms with van der Waals surface area (Å²) in [7, 11) is 0. The predicted octanol–water partition coefficient (Wildman–Crippen LogP) is 3.74. The van der Waals surface area contributed by atoms with E-state index in [2.05, 4.69) is 20.8 Å². The fraction of sp³-hybridized carbons (Fsp3) is 1.00. The lowest BCUT2D eigenvalue weighted by atomic mass is 9.62.